The van der Waals surface area contributed by atoms with Crippen LogP contribution in [-0.2, 0) is 6.42 Å². The summed E-state index contributed by atoms with van der Waals surface area (Å²) in [4.78, 5) is 2.35. The van der Waals surface area contributed by atoms with Crippen molar-refractivity contribution in [3.8, 4) is 0 Å². The maximum atomic E-state index is 6.32. The molecule has 2 N–H and O–H groups in total. The Kier molecular flexibility index (Phi) is 5.66. The van der Waals surface area contributed by atoms with Gasteiger partial charge < -0.3 is 10.6 Å². The molecule has 0 atom stereocenters. The first-order valence-corrected chi connectivity index (χ1v) is 6.61. The molecule has 0 unspecified atom stereocenters. The van der Waals surface area contributed by atoms with Gasteiger partial charge in [-0.25, -0.2) is 0 Å². The van der Waals surface area contributed by atoms with Crippen molar-refractivity contribution >= 4 is 0 Å². The monoisotopic (exact) mass is 234 g/mol. The zero-order valence-electron chi connectivity index (χ0n) is 11.4. The third-order valence-corrected chi connectivity index (χ3v) is 3.62. The van der Waals surface area contributed by atoms with Gasteiger partial charge in [0.25, 0.3) is 0 Å². The largest absolute Gasteiger partial charge is 0.324 e. The first kappa shape index (κ1) is 14.2. The molecule has 2 nitrogen and oxygen atoms in total. The molecule has 0 saturated heterocycles. The minimum absolute atomic E-state index is 0.0224. The fraction of sp³-hybridized carbons (Fsp3) is 0.600. The molecule has 0 fully saturated rings. The molecule has 0 radical (unpaired) electrons. The summed E-state index contributed by atoms with van der Waals surface area (Å²) in [5.74, 6) is 0. The first-order valence-electron chi connectivity index (χ1n) is 6.61. The molecule has 2 heteroatoms. The molecule has 0 aliphatic heterocycles. The molecule has 0 bridgehead atoms. The molecular formula is C15H26N2. The average molecular weight is 234 g/mol. The van der Waals surface area contributed by atoms with Gasteiger partial charge in [0.05, 0.1) is 0 Å². The van der Waals surface area contributed by atoms with Crippen molar-refractivity contribution in [2.24, 2.45) is 5.73 Å². The molecular weight excluding hydrogens is 208 g/mol. The Morgan fingerprint density at radius 2 is 1.71 bits per heavy atom. The Bertz CT molecular complexity index is 304. The van der Waals surface area contributed by atoms with Gasteiger partial charge in [-0.15, -0.1) is 0 Å². The molecule has 1 aromatic carbocycles. The SMILES string of the molecule is CCC(N)(CC)CN(C)CCc1ccccc1. The lowest BCUT2D eigenvalue weighted by atomic mass is 9.93. The van der Waals surface area contributed by atoms with E-state index in [1.54, 1.807) is 0 Å². The van der Waals surface area contributed by atoms with Crippen LogP contribution in [0.15, 0.2) is 30.3 Å². The van der Waals surface area contributed by atoms with E-state index in [1.807, 2.05) is 0 Å². The Balaban J connectivity index is 2.37. The summed E-state index contributed by atoms with van der Waals surface area (Å²) in [5, 5.41) is 0. The van der Waals surface area contributed by atoms with Gasteiger partial charge in [-0.1, -0.05) is 44.2 Å². The molecule has 0 aliphatic carbocycles. The van der Waals surface area contributed by atoms with Crippen LogP contribution in [0.4, 0.5) is 0 Å². The summed E-state index contributed by atoms with van der Waals surface area (Å²) >= 11 is 0. The number of rotatable bonds is 7. The van der Waals surface area contributed by atoms with E-state index < -0.39 is 0 Å². The van der Waals surface area contributed by atoms with Crippen LogP contribution in [0, 0.1) is 0 Å². The number of hydrogen-bond acceptors (Lipinski definition) is 2. The number of likely N-dealkylation sites (N-methyl/N-ethyl adjacent to an activating group) is 1. The predicted octanol–water partition coefficient (Wildman–Crippen LogP) is 2.68. The lowest BCUT2D eigenvalue weighted by Gasteiger charge is -2.32. The molecule has 0 heterocycles. The lowest BCUT2D eigenvalue weighted by Crippen LogP contribution is -2.48. The highest BCUT2D eigenvalue weighted by molar-refractivity contribution is 5.14. The predicted molar refractivity (Wildman–Crippen MR) is 75.1 cm³/mol. The summed E-state index contributed by atoms with van der Waals surface area (Å²) in [7, 11) is 2.16. The third-order valence-electron chi connectivity index (χ3n) is 3.62. The van der Waals surface area contributed by atoms with Crippen LogP contribution < -0.4 is 5.73 Å². The second kappa shape index (κ2) is 6.77. The molecule has 0 saturated carbocycles. The summed E-state index contributed by atoms with van der Waals surface area (Å²) in [6.07, 6.45) is 3.18. The normalized spacial score (nSPS) is 12.1. The number of nitrogens with two attached hydrogens (primary N) is 1. The number of hydrogen-bond donors (Lipinski definition) is 1. The van der Waals surface area contributed by atoms with E-state index in [4.69, 9.17) is 5.73 Å². The van der Waals surface area contributed by atoms with E-state index in [1.165, 1.54) is 5.56 Å². The molecule has 1 aromatic rings. The van der Waals surface area contributed by atoms with E-state index in [2.05, 4.69) is 56.1 Å². The fourth-order valence-corrected chi connectivity index (χ4v) is 2.05. The van der Waals surface area contributed by atoms with Crippen molar-refractivity contribution in [2.75, 3.05) is 20.1 Å². The van der Waals surface area contributed by atoms with Crippen LogP contribution in [0.3, 0.4) is 0 Å². The minimum Gasteiger partial charge on any atom is -0.324 e. The standard InChI is InChI=1S/C15H26N2/c1-4-15(16,5-2)13-17(3)12-11-14-9-7-6-8-10-14/h6-10H,4-5,11-13,16H2,1-3H3. The minimum atomic E-state index is -0.0224. The topological polar surface area (TPSA) is 29.3 Å². The summed E-state index contributed by atoms with van der Waals surface area (Å²) in [6, 6.07) is 10.6. The van der Waals surface area contributed by atoms with Gasteiger partial charge >= 0.3 is 0 Å². The second-order valence-electron chi connectivity index (χ2n) is 5.04. The van der Waals surface area contributed by atoms with Crippen LogP contribution >= 0.6 is 0 Å². The van der Waals surface area contributed by atoms with E-state index in [-0.39, 0.29) is 5.54 Å². The number of nitrogens with zero attached hydrogens (tertiary/aromatic N) is 1. The third kappa shape index (κ3) is 4.88. The molecule has 0 aliphatic rings. The van der Waals surface area contributed by atoms with Gasteiger partial charge in [0.15, 0.2) is 0 Å². The summed E-state index contributed by atoms with van der Waals surface area (Å²) < 4.78 is 0. The fourth-order valence-electron chi connectivity index (χ4n) is 2.05. The highest BCUT2D eigenvalue weighted by Crippen LogP contribution is 2.12. The van der Waals surface area contributed by atoms with Crippen LogP contribution in [0.25, 0.3) is 0 Å². The lowest BCUT2D eigenvalue weighted by molar-refractivity contribution is 0.236. The van der Waals surface area contributed by atoms with Gasteiger partial charge in [-0.05, 0) is 31.9 Å². The average Bonchev–Trinajstić information content (AvgIpc) is 2.37. The van der Waals surface area contributed by atoms with Crippen LogP contribution in [-0.4, -0.2) is 30.6 Å². The Hall–Kier alpha value is -0.860. The molecule has 0 aromatic heterocycles. The van der Waals surface area contributed by atoms with Gasteiger partial charge in [0, 0.05) is 18.6 Å². The highest BCUT2D eigenvalue weighted by Gasteiger charge is 2.21. The summed E-state index contributed by atoms with van der Waals surface area (Å²) in [6.45, 7) is 6.40. The highest BCUT2D eigenvalue weighted by atomic mass is 15.1. The summed E-state index contributed by atoms with van der Waals surface area (Å²) in [5.41, 5.74) is 7.70. The maximum Gasteiger partial charge on any atom is 0.0278 e. The zero-order chi connectivity index (χ0) is 12.7. The number of benzene rings is 1. The molecule has 1 rings (SSSR count). The maximum absolute atomic E-state index is 6.32. The Labute approximate surface area is 106 Å². The molecule has 0 amide bonds. The van der Waals surface area contributed by atoms with Gasteiger partial charge in [0.2, 0.25) is 0 Å². The first-order chi connectivity index (χ1) is 8.09. The van der Waals surface area contributed by atoms with Crippen LogP contribution in [0.2, 0.25) is 0 Å². The van der Waals surface area contributed by atoms with Crippen molar-refractivity contribution in [3.63, 3.8) is 0 Å². The molecule has 17 heavy (non-hydrogen) atoms. The van der Waals surface area contributed by atoms with Crippen LogP contribution in [0.1, 0.15) is 32.3 Å². The van der Waals surface area contributed by atoms with E-state index in [0.29, 0.717) is 0 Å². The van der Waals surface area contributed by atoms with Crippen LogP contribution in [0.5, 0.6) is 0 Å². The van der Waals surface area contributed by atoms with Crippen molar-refractivity contribution in [2.45, 2.75) is 38.6 Å². The Morgan fingerprint density at radius 1 is 1.12 bits per heavy atom. The van der Waals surface area contributed by atoms with Gasteiger partial charge in [-0.3, -0.25) is 0 Å². The second-order valence-corrected chi connectivity index (χ2v) is 5.04. The molecule has 0 spiro atoms. The van der Waals surface area contributed by atoms with E-state index >= 15 is 0 Å². The van der Waals surface area contributed by atoms with E-state index in [0.717, 1.165) is 32.4 Å². The molecule has 96 valence electrons. The van der Waals surface area contributed by atoms with Crippen molar-refractivity contribution in [3.05, 3.63) is 35.9 Å². The zero-order valence-corrected chi connectivity index (χ0v) is 11.4. The van der Waals surface area contributed by atoms with Gasteiger partial charge in [0.1, 0.15) is 0 Å². The van der Waals surface area contributed by atoms with Crippen molar-refractivity contribution < 1.29 is 0 Å². The quantitative estimate of drug-likeness (QED) is 0.786. The van der Waals surface area contributed by atoms with Crippen molar-refractivity contribution in [1.29, 1.82) is 0 Å². The van der Waals surface area contributed by atoms with Gasteiger partial charge in [-0.2, -0.15) is 0 Å². The van der Waals surface area contributed by atoms with Crippen molar-refractivity contribution in [1.82, 2.24) is 4.90 Å². The smallest absolute Gasteiger partial charge is 0.0278 e. The van der Waals surface area contributed by atoms with E-state index in [9.17, 15) is 0 Å². The Morgan fingerprint density at radius 3 is 2.24 bits per heavy atom.